The topological polar surface area (TPSA) is 95.5 Å². The van der Waals surface area contributed by atoms with Crippen LogP contribution in [0.4, 0.5) is 0 Å². The number of nitrogens with one attached hydrogen (secondary N) is 2. The Morgan fingerprint density at radius 3 is 2.35 bits per heavy atom. The van der Waals surface area contributed by atoms with Crippen LogP contribution in [0, 0.1) is 0 Å². The minimum absolute atomic E-state index is 0.180. The van der Waals surface area contributed by atoms with Crippen molar-refractivity contribution in [3.05, 3.63) is 0 Å². The molecule has 0 saturated heterocycles. The van der Waals surface area contributed by atoms with Crippen LogP contribution in [-0.2, 0) is 14.4 Å². The number of carboxylic acid groups (broad SMARTS) is 1. The molecule has 0 aliphatic carbocycles. The molecule has 0 saturated carbocycles. The maximum Gasteiger partial charge on any atom is 0.322 e. The molecule has 0 aromatic carbocycles. The number of rotatable bonds is 9. The summed E-state index contributed by atoms with van der Waals surface area (Å²) in [4.78, 5) is 32.4. The van der Waals surface area contributed by atoms with E-state index in [1.807, 2.05) is 0 Å². The van der Waals surface area contributed by atoms with Crippen LogP contribution in [0.1, 0.15) is 19.8 Å². The average Bonchev–Trinajstić information content (AvgIpc) is 2.29. The molecule has 0 radical (unpaired) electrons. The van der Waals surface area contributed by atoms with E-state index >= 15 is 0 Å². The molecule has 98 valence electrons. The fourth-order valence-corrected chi connectivity index (χ4v) is 1.80. The molecule has 0 aromatic heterocycles. The van der Waals surface area contributed by atoms with Crippen molar-refractivity contribution in [3.63, 3.8) is 0 Å². The van der Waals surface area contributed by atoms with Crippen molar-refractivity contribution in [3.8, 4) is 0 Å². The Hall–Kier alpha value is -1.24. The van der Waals surface area contributed by atoms with Crippen molar-refractivity contribution in [2.24, 2.45) is 0 Å². The summed E-state index contributed by atoms with van der Waals surface area (Å²) < 4.78 is 0. The van der Waals surface area contributed by atoms with E-state index in [1.54, 1.807) is 0 Å². The summed E-state index contributed by atoms with van der Waals surface area (Å²) in [6.07, 6.45) is 2.16. The maximum atomic E-state index is 11.2. The van der Waals surface area contributed by atoms with Gasteiger partial charge in [-0.25, -0.2) is 0 Å². The summed E-state index contributed by atoms with van der Waals surface area (Å²) in [6, 6.07) is 0. The molecule has 17 heavy (non-hydrogen) atoms. The Bertz CT molecular complexity index is 271. The SMILES string of the molecule is CCCCSCC(=O)NCC(=O)NCC(=O)O. The lowest BCUT2D eigenvalue weighted by Crippen LogP contribution is -2.39. The highest BCUT2D eigenvalue weighted by Crippen LogP contribution is 2.03. The van der Waals surface area contributed by atoms with Gasteiger partial charge in [0.15, 0.2) is 0 Å². The van der Waals surface area contributed by atoms with E-state index in [1.165, 1.54) is 11.8 Å². The van der Waals surface area contributed by atoms with Gasteiger partial charge in [-0.1, -0.05) is 13.3 Å². The van der Waals surface area contributed by atoms with E-state index in [-0.39, 0.29) is 12.5 Å². The van der Waals surface area contributed by atoms with Crippen molar-refractivity contribution in [2.45, 2.75) is 19.8 Å². The van der Waals surface area contributed by atoms with Crippen LogP contribution in [0.15, 0.2) is 0 Å². The molecule has 0 atom stereocenters. The van der Waals surface area contributed by atoms with Crippen LogP contribution in [0.2, 0.25) is 0 Å². The van der Waals surface area contributed by atoms with Gasteiger partial charge in [-0.15, -0.1) is 0 Å². The molecule has 0 unspecified atom stereocenters. The molecular weight excluding hydrogens is 244 g/mol. The molecule has 7 heteroatoms. The van der Waals surface area contributed by atoms with E-state index in [0.717, 1.165) is 18.6 Å². The van der Waals surface area contributed by atoms with Gasteiger partial charge < -0.3 is 15.7 Å². The first-order chi connectivity index (χ1) is 8.06. The molecule has 0 rings (SSSR count). The first-order valence-corrected chi connectivity index (χ1v) is 6.54. The molecule has 0 aliphatic heterocycles. The fraction of sp³-hybridized carbons (Fsp3) is 0.700. The van der Waals surface area contributed by atoms with Gasteiger partial charge in [0.2, 0.25) is 11.8 Å². The van der Waals surface area contributed by atoms with Crippen LogP contribution in [0.5, 0.6) is 0 Å². The van der Waals surface area contributed by atoms with Gasteiger partial charge in [0.1, 0.15) is 6.54 Å². The van der Waals surface area contributed by atoms with Gasteiger partial charge in [0.05, 0.1) is 12.3 Å². The average molecular weight is 262 g/mol. The zero-order valence-electron chi connectivity index (χ0n) is 9.82. The van der Waals surface area contributed by atoms with Gasteiger partial charge >= 0.3 is 5.97 Å². The summed E-state index contributed by atoms with van der Waals surface area (Å²) in [6.45, 7) is 1.47. The van der Waals surface area contributed by atoms with Gasteiger partial charge in [-0.05, 0) is 12.2 Å². The molecule has 0 fully saturated rings. The third-order valence-corrected chi connectivity index (χ3v) is 2.80. The Morgan fingerprint density at radius 2 is 1.76 bits per heavy atom. The van der Waals surface area contributed by atoms with E-state index < -0.39 is 18.4 Å². The summed E-state index contributed by atoms with van der Waals surface area (Å²) in [5, 5.41) is 12.9. The standard InChI is InChI=1S/C10H18N2O4S/c1-2-3-4-17-7-9(14)11-5-8(13)12-6-10(15)16/h2-7H2,1H3,(H,11,14)(H,12,13)(H,15,16). The van der Waals surface area contributed by atoms with Crippen LogP contribution in [0.3, 0.4) is 0 Å². The molecule has 0 spiro atoms. The number of carboxylic acids is 1. The third-order valence-electron chi connectivity index (χ3n) is 1.76. The van der Waals surface area contributed by atoms with Crippen molar-refractivity contribution in [2.75, 3.05) is 24.6 Å². The highest BCUT2D eigenvalue weighted by Gasteiger charge is 2.06. The van der Waals surface area contributed by atoms with E-state index in [0.29, 0.717) is 5.75 Å². The maximum absolute atomic E-state index is 11.2. The second-order valence-electron chi connectivity index (χ2n) is 3.35. The summed E-state index contributed by atoms with van der Waals surface area (Å²) in [5.74, 6) is -0.572. The molecular formula is C10H18N2O4S. The zero-order valence-corrected chi connectivity index (χ0v) is 10.6. The van der Waals surface area contributed by atoms with Crippen LogP contribution >= 0.6 is 11.8 Å². The molecule has 6 nitrogen and oxygen atoms in total. The monoisotopic (exact) mass is 262 g/mol. The molecule has 0 aliphatic rings. The number of carbonyl (C=O) groups is 3. The Morgan fingerprint density at radius 1 is 1.12 bits per heavy atom. The first-order valence-electron chi connectivity index (χ1n) is 5.39. The third kappa shape index (κ3) is 11.0. The second kappa shape index (κ2) is 9.95. The number of amides is 2. The second-order valence-corrected chi connectivity index (χ2v) is 4.46. The van der Waals surface area contributed by atoms with Crippen molar-refractivity contribution >= 4 is 29.5 Å². The minimum atomic E-state index is -1.11. The zero-order chi connectivity index (χ0) is 13.1. The number of hydrogen-bond acceptors (Lipinski definition) is 4. The number of carbonyl (C=O) groups excluding carboxylic acids is 2. The van der Waals surface area contributed by atoms with Gasteiger partial charge in [-0.3, -0.25) is 14.4 Å². The molecule has 0 heterocycles. The highest BCUT2D eigenvalue weighted by atomic mass is 32.2. The summed E-state index contributed by atoms with van der Waals surface area (Å²) in [7, 11) is 0. The number of aliphatic carboxylic acids is 1. The van der Waals surface area contributed by atoms with E-state index in [2.05, 4.69) is 17.6 Å². The summed E-state index contributed by atoms with van der Waals surface area (Å²) >= 11 is 1.52. The number of hydrogen-bond donors (Lipinski definition) is 3. The van der Waals surface area contributed by atoms with Gasteiger partial charge in [0.25, 0.3) is 0 Å². The number of unbranched alkanes of at least 4 members (excludes halogenated alkanes) is 1. The van der Waals surface area contributed by atoms with Crippen molar-refractivity contribution < 1.29 is 19.5 Å². The van der Waals surface area contributed by atoms with Gasteiger partial charge in [-0.2, -0.15) is 11.8 Å². The predicted octanol–water partition coefficient (Wildman–Crippen LogP) is -0.163. The lowest BCUT2D eigenvalue weighted by atomic mass is 10.4. The summed E-state index contributed by atoms with van der Waals surface area (Å²) in [5.41, 5.74) is 0. The molecule has 3 N–H and O–H groups in total. The van der Waals surface area contributed by atoms with Crippen molar-refractivity contribution in [1.29, 1.82) is 0 Å². The van der Waals surface area contributed by atoms with Gasteiger partial charge in [0, 0.05) is 0 Å². The molecule has 0 aromatic rings. The minimum Gasteiger partial charge on any atom is -0.480 e. The Labute approximate surface area is 105 Å². The lowest BCUT2D eigenvalue weighted by molar-refractivity contribution is -0.137. The normalized spacial score (nSPS) is 9.71. The first kappa shape index (κ1) is 15.8. The van der Waals surface area contributed by atoms with Crippen LogP contribution < -0.4 is 10.6 Å². The fourth-order valence-electron chi connectivity index (χ4n) is 0.878. The Kier molecular flexibility index (Phi) is 9.22. The predicted molar refractivity (Wildman–Crippen MR) is 65.9 cm³/mol. The molecule has 0 bridgehead atoms. The van der Waals surface area contributed by atoms with E-state index in [9.17, 15) is 14.4 Å². The largest absolute Gasteiger partial charge is 0.480 e. The molecule has 2 amide bonds. The van der Waals surface area contributed by atoms with Crippen LogP contribution in [-0.4, -0.2) is 47.5 Å². The highest BCUT2D eigenvalue weighted by molar-refractivity contribution is 7.99. The lowest BCUT2D eigenvalue weighted by Gasteiger charge is -2.05. The van der Waals surface area contributed by atoms with Crippen molar-refractivity contribution in [1.82, 2.24) is 10.6 Å². The quantitative estimate of drug-likeness (QED) is 0.502. The number of thioether (sulfide) groups is 1. The van der Waals surface area contributed by atoms with Crippen LogP contribution in [0.25, 0.3) is 0 Å². The Balaban J connectivity index is 3.49. The smallest absolute Gasteiger partial charge is 0.322 e. The van der Waals surface area contributed by atoms with E-state index in [4.69, 9.17) is 5.11 Å².